The molecule has 0 atom stereocenters. The molecule has 1 rings (SSSR count). The molecule has 1 heterocycles. The summed E-state index contributed by atoms with van der Waals surface area (Å²) in [5.41, 5.74) is 6.28. The Labute approximate surface area is 101 Å². The maximum absolute atomic E-state index is 11.3. The maximum atomic E-state index is 11.3. The first-order valence-electron chi connectivity index (χ1n) is 5.65. The summed E-state index contributed by atoms with van der Waals surface area (Å²) in [6.45, 7) is 3.90. The molecule has 0 radical (unpaired) electrons. The van der Waals surface area contributed by atoms with Gasteiger partial charge >= 0.3 is 0 Å². The van der Waals surface area contributed by atoms with Gasteiger partial charge in [-0.15, -0.1) is 0 Å². The molecule has 0 aromatic carbocycles. The van der Waals surface area contributed by atoms with Crippen LogP contribution in [-0.4, -0.2) is 40.9 Å². The molecule has 6 nitrogen and oxygen atoms in total. The number of carbonyl (C=O) groups is 1. The van der Waals surface area contributed by atoms with E-state index < -0.39 is 0 Å². The normalized spacial score (nSPS) is 10.5. The second-order valence-electron chi connectivity index (χ2n) is 3.82. The van der Waals surface area contributed by atoms with Crippen molar-refractivity contribution in [2.45, 2.75) is 19.9 Å². The van der Waals surface area contributed by atoms with E-state index in [1.54, 1.807) is 13.2 Å². The van der Waals surface area contributed by atoms with E-state index in [9.17, 15) is 4.79 Å². The van der Waals surface area contributed by atoms with Crippen molar-refractivity contribution in [3.05, 3.63) is 18.1 Å². The molecular formula is C11H19N5O. The van der Waals surface area contributed by atoms with E-state index >= 15 is 0 Å². The largest absolute Gasteiger partial charge is 0.382 e. The lowest BCUT2D eigenvalue weighted by Gasteiger charge is -2.19. The van der Waals surface area contributed by atoms with Gasteiger partial charge in [0.15, 0.2) is 0 Å². The van der Waals surface area contributed by atoms with E-state index in [0.717, 1.165) is 18.7 Å². The number of rotatable bonds is 6. The van der Waals surface area contributed by atoms with Crippen LogP contribution in [0.15, 0.2) is 12.4 Å². The highest BCUT2D eigenvalue weighted by Crippen LogP contribution is 2.02. The van der Waals surface area contributed by atoms with Crippen LogP contribution >= 0.6 is 0 Å². The lowest BCUT2D eigenvalue weighted by molar-refractivity contribution is -0.121. The molecule has 1 aromatic heterocycles. The van der Waals surface area contributed by atoms with Crippen LogP contribution in [-0.2, 0) is 11.3 Å². The van der Waals surface area contributed by atoms with Crippen LogP contribution in [0.4, 0.5) is 5.82 Å². The Balaban J connectivity index is 2.59. The summed E-state index contributed by atoms with van der Waals surface area (Å²) in [7, 11) is 1.63. The summed E-state index contributed by atoms with van der Waals surface area (Å²) in [6.07, 6.45) is 4.15. The number of nitrogens with one attached hydrogen (secondary N) is 1. The fraction of sp³-hybridized carbons (Fsp3) is 0.545. The van der Waals surface area contributed by atoms with Crippen molar-refractivity contribution in [2.75, 3.05) is 25.9 Å². The van der Waals surface area contributed by atoms with Gasteiger partial charge in [-0.3, -0.25) is 14.7 Å². The fourth-order valence-corrected chi connectivity index (χ4v) is 1.49. The number of aromatic nitrogens is 2. The Morgan fingerprint density at radius 2 is 2.24 bits per heavy atom. The van der Waals surface area contributed by atoms with Crippen LogP contribution in [0.5, 0.6) is 0 Å². The molecule has 3 N–H and O–H groups in total. The summed E-state index contributed by atoms with van der Waals surface area (Å²) < 4.78 is 0. The topological polar surface area (TPSA) is 84.1 Å². The maximum Gasteiger partial charge on any atom is 0.233 e. The number of nitrogens with two attached hydrogens (primary N) is 1. The van der Waals surface area contributed by atoms with Gasteiger partial charge in [0.05, 0.1) is 24.6 Å². The minimum Gasteiger partial charge on any atom is -0.382 e. The quantitative estimate of drug-likeness (QED) is 0.728. The zero-order chi connectivity index (χ0) is 12.7. The van der Waals surface area contributed by atoms with E-state index in [2.05, 4.69) is 22.2 Å². The third kappa shape index (κ3) is 4.78. The van der Waals surface area contributed by atoms with E-state index in [-0.39, 0.29) is 5.91 Å². The molecular weight excluding hydrogens is 218 g/mol. The molecule has 1 aromatic rings. The lowest BCUT2D eigenvalue weighted by atomic mass is 10.3. The molecule has 0 fully saturated rings. The molecule has 1 amide bonds. The smallest absolute Gasteiger partial charge is 0.233 e. The van der Waals surface area contributed by atoms with Gasteiger partial charge in [-0.05, 0) is 13.0 Å². The van der Waals surface area contributed by atoms with Crippen LogP contribution in [0.25, 0.3) is 0 Å². The number of nitrogen functional groups attached to an aromatic ring is 1. The average Bonchev–Trinajstić information content (AvgIpc) is 2.32. The Morgan fingerprint density at radius 3 is 2.76 bits per heavy atom. The van der Waals surface area contributed by atoms with E-state index in [1.165, 1.54) is 6.20 Å². The number of hydrogen-bond acceptors (Lipinski definition) is 5. The van der Waals surface area contributed by atoms with Crippen LogP contribution in [0.3, 0.4) is 0 Å². The Bertz CT molecular complexity index is 351. The minimum atomic E-state index is 0.00172. The fourth-order valence-electron chi connectivity index (χ4n) is 1.49. The van der Waals surface area contributed by atoms with Crippen LogP contribution in [0.2, 0.25) is 0 Å². The summed E-state index contributed by atoms with van der Waals surface area (Å²) in [4.78, 5) is 21.5. The highest BCUT2D eigenvalue weighted by atomic mass is 16.1. The summed E-state index contributed by atoms with van der Waals surface area (Å²) in [5, 5.41) is 2.61. The molecule has 17 heavy (non-hydrogen) atoms. The van der Waals surface area contributed by atoms with Crippen molar-refractivity contribution in [2.24, 2.45) is 0 Å². The SMILES string of the molecule is CCCN(CC(=O)NC)Cc1cnc(N)cn1. The highest BCUT2D eigenvalue weighted by Gasteiger charge is 2.10. The average molecular weight is 237 g/mol. The predicted octanol–water partition coefficient (Wildman–Crippen LogP) is 0.0168. The van der Waals surface area contributed by atoms with Crippen molar-refractivity contribution < 1.29 is 4.79 Å². The van der Waals surface area contributed by atoms with Crippen LogP contribution in [0, 0.1) is 0 Å². The zero-order valence-corrected chi connectivity index (χ0v) is 10.3. The molecule has 0 aliphatic heterocycles. The van der Waals surface area contributed by atoms with Gasteiger partial charge in [0.25, 0.3) is 0 Å². The molecule has 0 unspecified atom stereocenters. The number of anilines is 1. The number of carbonyl (C=O) groups excluding carboxylic acids is 1. The second-order valence-corrected chi connectivity index (χ2v) is 3.82. The summed E-state index contributed by atoms with van der Waals surface area (Å²) >= 11 is 0. The molecule has 6 heteroatoms. The first kappa shape index (κ1) is 13.4. The summed E-state index contributed by atoms with van der Waals surface area (Å²) in [6, 6.07) is 0. The monoisotopic (exact) mass is 237 g/mol. The Hall–Kier alpha value is -1.69. The van der Waals surface area contributed by atoms with Crippen molar-refractivity contribution in [1.29, 1.82) is 0 Å². The van der Waals surface area contributed by atoms with E-state index in [4.69, 9.17) is 5.73 Å². The number of amides is 1. The Kier molecular flexibility index (Phi) is 5.35. The van der Waals surface area contributed by atoms with Crippen LogP contribution < -0.4 is 11.1 Å². The van der Waals surface area contributed by atoms with E-state index in [0.29, 0.717) is 18.9 Å². The molecule has 0 bridgehead atoms. The second kappa shape index (κ2) is 6.80. The summed E-state index contributed by atoms with van der Waals surface area (Å²) in [5.74, 6) is 0.406. The molecule has 0 aliphatic rings. The van der Waals surface area contributed by atoms with Gasteiger partial charge in [-0.1, -0.05) is 6.92 Å². The standard InChI is InChI=1S/C11H19N5O/c1-3-4-16(8-11(17)13-2)7-9-5-15-10(12)6-14-9/h5-6H,3-4,7-8H2,1-2H3,(H2,12,15)(H,13,17). The third-order valence-electron chi connectivity index (χ3n) is 2.30. The highest BCUT2D eigenvalue weighted by molar-refractivity contribution is 5.77. The molecule has 0 saturated heterocycles. The molecule has 0 aliphatic carbocycles. The van der Waals surface area contributed by atoms with Crippen molar-refractivity contribution in [3.8, 4) is 0 Å². The molecule has 0 saturated carbocycles. The number of nitrogens with zero attached hydrogens (tertiary/aromatic N) is 3. The predicted molar refractivity (Wildman–Crippen MR) is 66.1 cm³/mol. The number of likely N-dealkylation sites (N-methyl/N-ethyl adjacent to an activating group) is 1. The van der Waals surface area contributed by atoms with E-state index in [1.807, 2.05) is 4.90 Å². The van der Waals surface area contributed by atoms with Gasteiger partial charge in [0.1, 0.15) is 5.82 Å². The molecule has 0 spiro atoms. The van der Waals surface area contributed by atoms with Crippen molar-refractivity contribution in [3.63, 3.8) is 0 Å². The van der Waals surface area contributed by atoms with Gasteiger partial charge in [0, 0.05) is 13.6 Å². The van der Waals surface area contributed by atoms with Gasteiger partial charge in [-0.25, -0.2) is 4.98 Å². The van der Waals surface area contributed by atoms with Gasteiger partial charge in [0.2, 0.25) is 5.91 Å². The lowest BCUT2D eigenvalue weighted by Crippen LogP contribution is -2.35. The van der Waals surface area contributed by atoms with Crippen molar-refractivity contribution in [1.82, 2.24) is 20.2 Å². The molecule has 94 valence electrons. The van der Waals surface area contributed by atoms with Crippen molar-refractivity contribution >= 4 is 11.7 Å². The Morgan fingerprint density at radius 1 is 1.47 bits per heavy atom. The minimum absolute atomic E-state index is 0.00172. The first-order valence-corrected chi connectivity index (χ1v) is 5.65. The first-order chi connectivity index (χ1) is 8.15. The third-order valence-corrected chi connectivity index (χ3v) is 2.30. The van der Waals surface area contributed by atoms with Gasteiger partial charge in [-0.2, -0.15) is 0 Å². The number of hydrogen-bond donors (Lipinski definition) is 2. The van der Waals surface area contributed by atoms with Crippen LogP contribution in [0.1, 0.15) is 19.0 Å². The zero-order valence-electron chi connectivity index (χ0n) is 10.3. The van der Waals surface area contributed by atoms with Gasteiger partial charge < -0.3 is 11.1 Å².